The van der Waals surface area contributed by atoms with E-state index in [0.29, 0.717) is 13.0 Å². The van der Waals surface area contributed by atoms with Gasteiger partial charge in [0, 0.05) is 29.2 Å². The van der Waals surface area contributed by atoms with Gasteiger partial charge in [-0.05, 0) is 42.0 Å². The van der Waals surface area contributed by atoms with Crippen molar-refractivity contribution in [2.75, 3.05) is 6.54 Å². The van der Waals surface area contributed by atoms with E-state index in [4.69, 9.17) is 4.74 Å². The lowest BCUT2D eigenvalue weighted by atomic mass is 10.2. The summed E-state index contributed by atoms with van der Waals surface area (Å²) >= 11 is 7.77. The number of benzene rings is 2. The van der Waals surface area contributed by atoms with E-state index in [1.54, 1.807) is 0 Å². The van der Waals surface area contributed by atoms with Crippen LogP contribution in [0.1, 0.15) is 12.0 Å². The van der Waals surface area contributed by atoms with Crippen molar-refractivity contribution in [1.82, 2.24) is 4.90 Å². The van der Waals surface area contributed by atoms with Gasteiger partial charge in [0.25, 0.3) is 0 Å². The molecule has 2 aromatic rings. The first-order valence-corrected chi connectivity index (χ1v) is 8.39. The Labute approximate surface area is 143 Å². The molecule has 5 heteroatoms. The number of nitrogens with zero attached hydrogens (tertiary/aromatic N) is 1. The summed E-state index contributed by atoms with van der Waals surface area (Å²) in [6.07, 6.45) is 0.536. The molecule has 0 aliphatic carbocycles. The van der Waals surface area contributed by atoms with E-state index in [1.165, 1.54) is 0 Å². The second-order valence-corrected chi connectivity index (χ2v) is 6.98. The number of carbonyl (C=O) groups is 1. The standard InChI is InChI=1S/C17H16BrNO2S/c18-13-3-7-15(8-4-13)21-14-5-1-12(2-6-14)10-19-11-16(22)9-17(19)20/h1-8,16,22H,9-11H2. The molecule has 0 bridgehead atoms. The Balaban J connectivity index is 1.63. The molecule has 114 valence electrons. The molecule has 0 saturated carbocycles. The topological polar surface area (TPSA) is 29.5 Å². The molecule has 22 heavy (non-hydrogen) atoms. The van der Waals surface area contributed by atoms with Gasteiger partial charge in [0.05, 0.1) is 0 Å². The summed E-state index contributed by atoms with van der Waals surface area (Å²) in [4.78, 5) is 13.6. The maximum atomic E-state index is 11.8. The predicted octanol–water partition coefficient (Wildman–Crippen LogP) is 4.27. The van der Waals surface area contributed by atoms with Gasteiger partial charge in [-0.25, -0.2) is 0 Å². The molecule has 1 heterocycles. The Morgan fingerprint density at radius 3 is 2.23 bits per heavy atom. The first-order valence-electron chi connectivity index (χ1n) is 7.08. The zero-order valence-corrected chi connectivity index (χ0v) is 14.4. The number of rotatable bonds is 4. The molecule has 2 aromatic carbocycles. The monoisotopic (exact) mass is 377 g/mol. The second kappa shape index (κ2) is 6.75. The quantitative estimate of drug-likeness (QED) is 0.806. The zero-order chi connectivity index (χ0) is 15.5. The molecule has 0 radical (unpaired) electrons. The van der Waals surface area contributed by atoms with Crippen molar-refractivity contribution in [3.8, 4) is 11.5 Å². The summed E-state index contributed by atoms with van der Waals surface area (Å²) in [6, 6.07) is 15.5. The number of hydrogen-bond donors (Lipinski definition) is 1. The third-order valence-corrected chi connectivity index (χ3v) is 4.41. The highest BCUT2D eigenvalue weighted by Gasteiger charge is 2.26. The first-order chi connectivity index (χ1) is 10.6. The molecule has 0 aromatic heterocycles. The summed E-state index contributed by atoms with van der Waals surface area (Å²) in [5.74, 6) is 1.75. The summed E-state index contributed by atoms with van der Waals surface area (Å²) in [5, 5.41) is 0.160. The Morgan fingerprint density at radius 1 is 1.09 bits per heavy atom. The largest absolute Gasteiger partial charge is 0.457 e. The lowest BCUT2D eigenvalue weighted by Gasteiger charge is -2.16. The number of likely N-dealkylation sites (tertiary alicyclic amines) is 1. The summed E-state index contributed by atoms with van der Waals surface area (Å²) in [6.45, 7) is 1.35. The van der Waals surface area contributed by atoms with Gasteiger partial charge in [-0.3, -0.25) is 4.79 Å². The van der Waals surface area contributed by atoms with Gasteiger partial charge in [-0.2, -0.15) is 12.6 Å². The van der Waals surface area contributed by atoms with Crippen molar-refractivity contribution in [3.63, 3.8) is 0 Å². The minimum absolute atomic E-state index is 0.160. The fourth-order valence-corrected chi connectivity index (χ4v) is 3.04. The number of carbonyl (C=O) groups excluding carboxylic acids is 1. The molecule has 1 atom stereocenters. The normalized spacial score (nSPS) is 17.8. The Kier molecular flexibility index (Phi) is 4.74. The molecule has 1 amide bonds. The van der Waals surface area contributed by atoms with E-state index in [2.05, 4.69) is 28.6 Å². The van der Waals surface area contributed by atoms with E-state index < -0.39 is 0 Å². The summed E-state index contributed by atoms with van der Waals surface area (Å²) in [5.41, 5.74) is 1.10. The Morgan fingerprint density at radius 2 is 1.68 bits per heavy atom. The summed E-state index contributed by atoms with van der Waals surface area (Å²) in [7, 11) is 0. The van der Waals surface area contributed by atoms with Crippen LogP contribution in [0.25, 0.3) is 0 Å². The molecule has 3 rings (SSSR count). The van der Waals surface area contributed by atoms with E-state index in [0.717, 1.165) is 28.1 Å². The third kappa shape index (κ3) is 3.84. The number of thiol groups is 1. The van der Waals surface area contributed by atoms with Crippen molar-refractivity contribution < 1.29 is 9.53 Å². The van der Waals surface area contributed by atoms with Crippen LogP contribution < -0.4 is 4.74 Å². The van der Waals surface area contributed by atoms with Crippen LogP contribution in [-0.4, -0.2) is 22.6 Å². The lowest BCUT2D eigenvalue weighted by Crippen LogP contribution is -2.24. The molecular weight excluding hydrogens is 362 g/mol. The van der Waals surface area contributed by atoms with Crippen LogP contribution in [0, 0.1) is 0 Å². The molecule has 1 saturated heterocycles. The van der Waals surface area contributed by atoms with Gasteiger partial charge < -0.3 is 9.64 Å². The molecule has 1 aliphatic rings. The van der Waals surface area contributed by atoms with Crippen molar-refractivity contribution in [2.45, 2.75) is 18.2 Å². The van der Waals surface area contributed by atoms with E-state index in [-0.39, 0.29) is 11.2 Å². The number of hydrogen-bond acceptors (Lipinski definition) is 3. The van der Waals surface area contributed by atoms with Crippen molar-refractivity contribution in [2.24, 2.45) is 0 Å². The summed E-state index contributed by atoms with van der Waals surface area (Å²) < 4.78 is 6.80. The Hall–Kier alpha value is -1.46. The van der Waals surface area contributed by atoms with Crippen LogP contribution in [0.3, 0.4) is 0 Å². The van der Waals surface area contributed by atoms with E-state index >= 15 is 0 Å². The molecule has 3 nitrogen and oxygen atoms in total. The highest BCUT2D eigenvalue weighted by molar-refractivity contribution is 9.10. The average Bonchev–Trinajstić information content (AvgIpc) is 2.81. The van der Waals surface area contributed by atoms with Crippen molar-refractivity contribution >= 4 is 34.5 Å². The van der Waals surface area contributed by atoms with Crippen LogP contribution in [0.2, 0.25) is 0 Å². The van der Waals surface area contributed by atoms with Crippen LogP contribution in [0.5, 0.6) is 11.5 Å². The highest BCUT2D eigenvalue weighted by Crippen LogP contribution is 2.24. The molecule has 1 fully saturated rings. The SMILES string of the molecule is O=C1CC(S)CN1Cc1ccc(Oc2ccc(Br)cc2)cc1. The molecule has 0 spiro atoms. The maximum Gasteiger partial charge on any atom is 0.224 e. The average molecular weight is 378 g/mol. The van der Waals surface area contributed by atoms with E-state index in [1.807, 2.05) is 53.4 Å². The van der Waals surface area contributed by atoms with Gasteiger partial charge in [-0.15, -0.1) is 0 Å². The lowest BCUT2D eigenvalue weighted by molar-refractivity contribution is -0.128. The zero-order valence-electron chi connectivity index (χ0n) is 11.9. The fraction of sp³-hybridized carbons (Fsp3) is 0.235. The molecule has 0 N–H and O–H groups in total. The smallest absolute Gasteiger partial charge is 0.224 e. The Bertz CT molecular complexity index is 657. The van der Waals surface area contributed by atoms with Gasteiger partial charge in [0.15, 0.2) is 0 Å². The third-order valence-electron chi connectivity index (χ3n) is 3.54. The van der Waals surface area contributed by atoms with Crippen LogP contribution >= 0.6 is 28.6 Å². The predicted molar refractivity (Wildman–Crippen MR) is 93.5 cm³/mol. The molecule has 1 aliphatic heterocycles. The number of halogens is 1. The van der Waals surface area contributed by atoms with Gasteiger partial charge in [0.2, 0.25) is 5.91 Å². The van der Waals surface area contributed by atoms with Crippen molar-refractivity contribution in [1.29, 1.82) is 0 Å². The maximum absolute atomic E-state index is 11.8. The minimum Gasteiger partial charge on any atom is -0.457 e. The van der Waals surface area contributed by atoms with Crippen LogP contribution in [0.15, 0.2) is 53.0 Å². The van der Waals surface area contributed by atoms with Gasteiger partial charge in [0.1, 0.15) is 11.5 Å². The first kappa shape index (κ1) is 15.4. The minimum atomic E-state index is 0.160. The number of amides is 1. The molecule has 1 unspecified atom stereocenters. The van der Waals surface area contributed by atoms with Gasteiger partial charge in [-0.1, -0.05) is 28.1 Å². The van der Waals surface area contributed by atoms with Crippen LogP contribution in [-0.2, 0) is 11.3 Å². The highest BCUT2D eigenvalue weighted by atomic mass is 79.9. The molecular formula is C17H16BrNO2S. The van der Waals surface area contributed by atoms with Crippen LogP contribution in [0.4, 0.5) is 0 Å². The van der Waals surface area contributed by atoms with Gasteiger partial charge >= 0.3 is 0 Å². The van der Waals surface area contributed by atoms with E-state index in [9.17, 15) is 4.79 Å². The van der Waals surface area contributed by atoms with Crippen molar-refractivity contribution in [3.05, 3.63) is 58.6 Å². The number of ether oxygens (including phenoxy) is 1. The second-order valence-electron chi connectivity index (χ2n) is 5.33. The fourth-order valence-electron chi connectivity index (χ4n) is 2.43.